The first kappa shape index (κ1) is 50.7. The second-order valence-electron chi connectivity index (χ2n) is 21.6. The van der Waals surface area contributed by atoms with Gasteiger partial charge in [-0.25, -0.2) is 0 Å². The van der Waals surface area contributed by atoms with E-state index in [0.717, 1.165) is 0 Å². The van der Waals surface area contributed by atoms with E-state index in [4.69, 9.17) is 0 Å². The molecular formula is C63H95P. The third kappa shape index (κ3) is 11.7. The van der Waals surface area contributed by atoms with E-state index in [0.29, 0.717) is 0 Å². The van der Waals surface area contributed by atoms with Crippen LogP contribution in [0.25, 0.3) is 33.4 Å². The fraction of sp³-hybridized carbons (Fsp3) is 0.619. The summed E-state index contributed by atoms with van der Waals surface area (Å²) in [5.74, 6) is 0. The van der Waals surface area contributed by atoms with Crippen LogP contribution in [-0.4, -0.2) is 24.6 Å². The average Bonchev–Trinajstić information content (AvgIpc) is 3.72. The molecule has 64 heavy (non-hydrogen) atoms. The molecule has 0 bridgehead atoms. The maximum atomic E-state index is 2.73. The zero-order valence-electron chi connectivity index (χ0n) is 42.9. The first-order valence-electron chi connectivity index (χ1n) is 27.8. The number of benzene rings is 4. The predicted molar refractivity (Wildman–Crippen MR) is 291 cm³/mol. The normalized spacial score (nSPS) is 16.2. The summed E-state index contributed by atoms with van der Waals surface area (Å²) in [5, 5.41) is 0. The quantitative estimate of drug-likeness (QED) is 0.0349. The van der Waals surface area contributed by atoms with Crippen LogP contribution in [0.15, 0.2) is 72.8 Å². The first-order valence-corrected chi connectivity index (χ1v) is 30.6. The van der Waals surface area contributed by atoms with Crippen molar-refractivity contribution >= 4 is 7.26 Å². The molecular weight excluding hydrogens is 788 g/mol. The minimum absolute atomic E-state index is 0.0902. The zero-order chi connectivity index (χ0) is 45.4. The Labute approximate surface area is 396 Å². The Morgan fingerprint density at radius 2 is 0.625 bits per heavy atom. The molecule has 6 rings (SSSR count). The van der Waals surface area contributed by atoms with Gasteiger partial charge in [-0.3, -0.25) is 0 Å². The fourth-order valence-corrected chi connectivity index (χ4v) is 18.7. The van der Waals surface area contributed by atoms with E-state index < -0.39 is 7.26 Å². The molecule has 0 spiro atoms. The third-order valence-electron chi connectivity index (χ3n) is 16.7. The topological polar surface area (TPSA) is 0 Å². The molecule has 4 aromatic carbocycles. The second-order valence-corrected chi connectivity index (χ2v) is 26.6. The molecule has 0 heterocycles. The monoisotopic (exact) mass is 883 g/mol. The summed E-state index contributed by atoms with van der Waals surface area (Å²) in [6, 6.07) is 30.5. The van der Waals surface area contributed by atoms with Crippen LogP contribution in [0.3, 0.4) is 0 Å². The molecule has 0 saturated heterocycles. The molecule has 1 heteroatoms. The van der Waals surface area contributed by atoms with Gasteiger partial charge in [-0.2, -0.15) is 0 Å². The van der Waals surface area contributed by atoms with Gasteiger partial charge in [-0.15, -0.1) is 0 Å². The van der Waals surface area contributed by atoms with E-state index in [-0.39, 0.29) is 10.8 Å². The van der Waals surface area contributed by atoms with Crippen molar-refractivity contribution in [2.75, 3.05) is 24.6 Å². The first-order chi connectivity index (χ1) is 31.2. The van der Waals surface area contributed by atoms with Crippen LogP contribution in [0.2, 0.25) is 0 Å². The third-order valence-corrected chi connectivity index (χ3v) is 22.4. The molecule has 2 aliphatic carbocycles. The molecule has 4 aromatic rings. The van der Waals surface area contributed by atoms with Gasteiger partial charge < -0.3 is 0 Å². The average molecular weight is 883 g/mol. The summed E-state index contributed by atoms with van der Waals surface area (Å²) in [7, 11) is -1.34. The number of hydrogen-bond acceptors (Lipinski definition) is 0. The summed E-state index contributed by atoms with van der Waals surface area (Å²) >= 11 is 0. The Morgan fingerprint density at radius 3 is 1.03 bits per heavy atom. The van der Waals surface area contributed by atoms with E-state index in [9.17, 15) is 0 Å². The van der Waals surface area contributed by atoms with Gasteiger partial charge in [0, 0.05) is 0 Å². The summed E-state index contributed by atoms with van der Waals surface area (Å²) in [6.07, 6.45) is 39.9. The van der Waals surface area contributed by atoms with Crippen LogP contribution in [0.5, 0.6) is 0 Å². The maximum absolute atomic E-state index is 2.73. The fourth-order valence-electron chi connectivity index (χ4n) is 13.0. The predicted octanol–water partition coefficient (Wildman–Crippen LogP) is 20.1. The van der Waals surface area contributed by atoms with Gasteiger partial charge in [-0.1, -0.05) is 115 Å². The molecule has 0 aromatic heterocycles. The van der Waals surface area contributed by atoms with Gasteiger partial charge in [-0.05, 0) is 6.92 Å². The summed E-state index contributed by atoms with van der Waals surface area (Å²) < 4.78 is 0. The Bertz CT molecular complexity index is 1990. The van der Waals surface area contributed by atoms with Crippen molar-refractivity contribution in [3.63, 3.8) is 0 Å². The minimum atomic E-state index is -1.34. The van der Waals surface area contributed by atoms with Gasteiger partial charge in [0.2, 0.25) is 0 Å². The Kier molecular flexibility index (Phi) is 19.7. The molecule has 0 fully saturated rings. The Hall–Kier alpha value is -2.69. The number of fused-ring (bicyclic) bond motifs is 6. The van der Waals surface area contributed by atoms with Gasteiger partial charge in [0.15, 0.2) is 0 Å². The van der Waals surface area contributed by atoms with Crippen LogP contribution >= 0.6 is 7.26 Å². The number of rotatable bonds is 31. The number of aryl methyl sites for hydroxylation is 2. The van der Waals surface area contributed by atoms with Crippen molar-refractivity contribution in [2.45, 2.75) is 227 Å². The van der Waals surface area contributed by atoms with Crippen molar-refractivity contribution in [2.24, 2.45) is 0 Å². The molecule has 1 unspecified atom stereocenters. The van der Waals surface area contributed by atoms with Gasteiger partial charge in [0.1, 0.15) is 0 Å². The van der Waals surface area contributed by atoms with Crippen LogP contribution in [0, 0.1) is 13.8 Å². The van der Waals surface area contributed by atoms with Crippen LogP contribution < -0.4 is 0 Å². The van der Waals surface area contributed by atoms with Crippen molar-refractivity contribution in [3.8, 4) is 33.4 Å². The molecule has 0 amide bonds. The van der Waals surface area contributed by atoms with Gasteiger partial charge >= 0.3 is 277 Å². The molecule has 352 valence electrons. The molecule has 0 saturated carbocycles. The Balaban J connectivity index is 1.42. The standard InChI is InChI=1S/C63H95P/c1-9-15-21-23-25-27-39-63(40-28-26-24-22-16-10-2)59-47-51(8)31-35-55(59)57-37-33-53(49-61(57)63)52-32-36-56-54-34-30-50(7)46-58(54)62(38-17-11-3,60(56)48-52)41-29-45-64(42-18-12-4,43-19-13-5)44-20-14-6/h30-37,46-49,64H,9-29,38-45H2,1-8H3. The molecule has 0 N–H and O–H groups in total. The van der Waals surface area contributed by atoms with Crippen molar-refractivity contribution < 1.29 is 0 Å². The number of hydrogen-bond donors (Lipinski definition) is 0. The molecule has 2 aliphatic rings. The molecule has 0 radical (unpaired) electrons. The molecule has 0 aliphatic heterocycles. The molecule has 1 atom stereocenters. The van der Waals surface area contributed by atoms with E-state index >= 15 is 0 Å². The van der Waals surface area contributed by atoms with E-state index in [2.05, 4.69) is 128 Å². The Morgan fingerprint density at radius 1 is 0.312 bits per heavy atom. The van der Waals surface area contributed by atoms with E-state index in [1.165, 1.54) is 211 Å². The van der Waals surface area contributed by atoms with Crippen molar-refractivity contribution in [3.05, 3.63) is 106 Å². The van der Waals surface area contributed by atoms with E-state index in [1.54, 1.807) is 40.7 Å². The van der Waals surface area contributed by atoms with Crippen LogP contribution in [0.4, 0.5) is 0 Å². The molecule has 0 nitrogen and oxygen atoms in total. The summed E-state index contributed by atoms with van der Waals surface area (Å²) in [5.41, 5.74) is 18.5. The summed E-state index contributed by atoms with van der Waals surface area (Å²) in [6.45, 7) is 19.1. The van der Waals surface area contributed by atoms with Crippen molar-refractivity contribution in [1.82, 2.24) is 0 Å². The van der Waals surface area contributed by atoms with Gasteiger partial charge in [0.05, 0.1) is 0 Å². The SMILES string of the molecule is CCCCCCCCC1(CCCCCCCC)c2cc(C)ccc2-c2ccc(-c3ccc4c(c3)C(CCCC)(CCC[PH](CCCC)(CCCC)CCCC)c3cc(C)ccc3-4)cc21. The van der Waals surface area contributed by atoms with Crippen LogP contribution in [0.1, 0.15) is 235 Å². The van der Waals surface area contributed by atoms with Crippen LogP contribution in [-0.2, 0) is 10.8 Å². The zero-order valence-corrected chi connectivity index (χ0v) is 43.9. The van der Waals surface area contributed by atoms with E-state index in [1.807, 2.05) is 0 Å². The number of unbranched alkanes of at least 4 members (excludes halogenated alkanes) is 14. The second kappa shape index (κ2) is 24.9. The van der Waals surface area contributed by atoms with Gasteiger partial charge in [0.25, 0.3) is 0 Å². The summed E-state index contributed by atoms with van der Waals surface area (Å²) in [4.78, 5) is 0. The van der Waals surface area contributed by atoms with Crippen molar-refractivity contribution in [1.29, 1.82) is 0 Å².